The van der Waals surface area contributed by atoms with E-state index in [2.05, 4.69) is 92.7 Å². The summed E-state index contributed by atoms with van der Waals surface area (Å²) < 4.78 is 27.2. The summed E-state index contributed by atoms with van der Waals surface area (Å²) in [6.07, 6.45) is 14.3. The Balaban J connectivity index is 1.20. The van der Waals surface area contributed by atoms with Crippen molar-refractivity contribution >= 4 is 47.0 Å². The van der Waals surface area contributed by atoms with Crippen molar-refractivity contribution in [2.45, 2.75) is 65.6 Å². The number of rotatable bonds is 12. The van der Waals surface area contributed by atoms with Gasteiger partial charge in [0, 0.05) is 49.6 Å². The predicted molar refractivity (Wildman–Crippen MR) is 237 cm³/mol. The Hall–Kier alpha value is -5.92. The lowest BCUT2D eigenvalue weighted by atomic mass is 10.3. The number of hydrogen-bond acceptors (Lipinski definition) is 12. The molecule has 0 radical (unpaired) electrons. The van der Waals surface area contributed by atoms with Crippen LogP contribution in [0.2, 0.25) is 0 Å². The smallest absolute Gasteiger partial charge is 0.147 e. The zero-order valence-corrected chi connectivity index (χ0v) is 35.3. The van der Waals surface area contributed by atoms with Gasteiger partial charge in [-0.3, -0.25) is 19.9 Å². The summed E-state index contributed by atoms with van der Waals surface area (Å²) >= 11 is 6.48. The minimum absolute atomic E-state index is 0.368. The molecule has 0 fully saturated rings. The van der Waals surface area contributed by atoms with E-state index < -0.39 is 0 Å². The standard InChI is InChI=1S/C48H36N4O4S4/c1-5-37-45(53-29-33-13-21-49-22-14-33)38(6-1)58-40-8-3-10-42(47(40)55-31-35-17-25-51-26-18-35)60-44-12-4-11-43(48(44)56-32-36-19-27-52-28-20-36)59-41-9-2-7-39(57-37)46(41)54-30-34-15-23-50-24-16-34/h1-28H,29-32H2. The summed E-state index contributed by atoms with van der Waals surface area (Å²) in [5.74, 6) is 3.07. The molecule has 0 aliphatic carbocycles. The Bertz CT molecular complexity index is 2230. The summed E-state index contributed by atoms with van der Waals surface area (Å²) in [7, 11) is 0. The molecule has 0 saturated heterocycles. The lowest BCUT2D eigenvalue weighted by Gasteiger charge is -2.22. The zero-order chi connectivity index (χ0) is 40.4. The third-order valence-electron chi connectivity index (χ3n) is 9.18. The third-order valence-corrected chi connectivity index (χ3v) is 13.5. The van der Waals surface area contributed by atoms with Crippen LogP contribution in [0, 0.1) is 0 Å². The minimum Gasteiger partial charge on any atom is -0.487 e. The first-order valence-corrected chi connectivity index (χ1v) is 22.3. The highest BCUT2D eigenvalue weighted by atomic mass is 32.2. The monoisotopic (exact) mass is 860 g/mol. The van der Waals surface area contributed by atoms with Gasteiger partial charge in [-0.15, -0.1) is 0 Å². The maximum absolute atomic E-state index is 6.80. The molecule has 0 atom stereocenters. The maximum Gasteiger partial charge on any atom is 0.147 e. The molecular formula is C48H36N4O4S4. The number of hydrogen-bond donors (Lipinski definition) is 0. The van der Waals surface area contributed by atoms with E-state index in [0.29, 0.717) is 26.4 Å². The largest absolute Gasteiger partial charge is 0.487 e. The van der Waals surface area contributed by atoms with E-state index in [1.807, 2.05) is 48.5 Å². The molecule has 1 aliphatic heterocycles. The van der Waals surface area contributed by atoms with Crippen LogP contribution in [0.5, 0.6) is 23.0 Å². The second-order valence-electron chi connectivity index (χ2n) is 13.3. The van der Waals surface area contributed by atoms with Gasteiger partial charge in [-0.05, 0) is 119 Å². The van der Waals surface area contributed by atoms with Gasteiger partial charge in [-0.1, -0.05) is 71.3 Å². The Morgan fingerprint density at radius 2 is 0.450 bits per heavy atom. The van der Waals surface area contributed by atoms with Crippen molar-refractivity contribution in [1.82, 2.24) is 19.9 Å². The molecule has 0 unspecified atom stereocenters. The van der Waals surface area contributed by atoms with Gasteiger partial charge in [0.1, 0.15) is 49.4 Å². The summed E-state index contributed by atoms with van der Waals surface area (Å²) in [5.41, 5.74) is 4.08. The summed E-state index contributed by atoms with van der Waals surface area (Å²) in [5, 5.41) is 0. The second-order valence-corrected chi connectivity index (χ2v) is 17.7. The number of pyridine rings is 4. The van der Waals surface area contributed by atoms with Gasteiger partial charge in [0.2, 0.25) is 0 Å². The lowest BCUT2D eigenvalue weighted by Crippen LogP contribution is -2.02. The molecule has 0 amide bonds. The molecule has 8 nitrogen and oxygen atoms in total. The van der Waals surface area contributed by atoms with Crippen molar-refractivity contribution in [2.75, 3.05) is 0 Å². The molecule has 1 aliphatic rings. The third kappa shape index (κ3) is 9.75. The van der Waals surface area contributed by atoms with E-state index in [-0.39, 0.29) is 0 Å². The van der Waals surface area contributed by atoms with Crippen LogP contribution in [0.1, 0.15) is 22.3 Å². The van der Waals surface area contributed by atoms with Crippen molar-refractivity contribution in [3.63, 3.8) is 0 Å². The number of benzene rings is 4. The van der Waals surface area contributed by atoms with Gasteiger partial charge < -0.3 is 18.9 Å². The fourth-order valence-corrected chi connectivity index (χ4v) is 10.7. The molecule has 8 bridgehead atoms. The number of nitrogens with zero attached hydrogens (tertiary/aromatic N) is 4. The van der Waals surface area contributed by atoms with Gasteiger partial charge in [0.15, 0.2) is 0 Å². The quantitative estimate of drug-likeness (QED) is 0.117. The summed E-state index contributed by atoms with van der Waals surface area (Å²) in [6.45, 7) is 1.47. The molecule has 0 N–H and O–H groups in total. The zero-order valence-electron chi connectivity index (χ0n) is 32.0. The Labute approximate surface area is 365 Å². The van der Waals surface area contributed by atoms with Crippen molar-refractivity contribution in [1.29, 1.82) is 0 Å². The molecule has 0 saturated carbocycles. The van der Waals surface area contributed by atoms with E-state index in [4.69, 9.17) is 18.9 Å². The van der Waals surface area contributed by atoms with Crippen LogP contribution in [-0.4, -0.2) is 19.9 Å². The topological polar surface area (TPSA) is 88.5 Å². The number of fused-ring (bicyclic) bond motifs is 8. The fraction of sp³-hybridized carbons (Fsp3) is 0.0833. The van der Waals surface area contributed by atoms with Crippen molar-refractivity contribution < 1.29 is 18.9 Å². The molecule has 60 heavy (non-hydrogen) atoms. The van der Waals surface area contributed by atoms with Gasteiger partial charge in [-0.25, -0.2) is 0 Å². The van der Waals surface area contributed by atoms with Gasteiger partial charge in [0.05, 0.1) is 39.2 Å². The number of aromatic nitrogens is 4. The number of ether oxygens (including phenoxy) is 4. The van der Waals surface area contributed by atoms with Crippen LogP contribution in [-0.2, 0) is 26.4 Å². The molecular weight excluding hydrogens is 825 g/mol. The summed E-state index contributed by atoms with van der Waals surface area (Å²) in [6, 6.07) is 41.0. The van der Waals surface area contributed by atoms with Crippen LogP contribution in [0.25, 0.3) is 0 Å². The van der Waals surface area contributed by atoms with Crippen LogP contribution in [0.3, 0.4) is 0 Å². The average molecular weight is 861 g/mol. The maximum atomic E-state index is 6.80. The normalized spacial score (nSPS) is 12.0. The molecule has 296 valence electrons. The fourth-order valence-electron chi connectivity index (χ4n) is 6.21. The molecule has 4 aromatic heterocycles. The van der Waals surface area contributed by atoms with E-state index in [1.165, 1.54) is 0 Å². The van der Waals surface area contributed by atoms with E-state index in [0.717, 1.165) is 84.4 Å². The predicted octanol–water partition coefficient (Wildman–Crippen LogP) is 12.5. The van der Waals surface area contributed by atoms with E-state index in [1.54, 1.807) is 96.6 Å². The Morgan fingerprint density at radius 3 is 0.633 bits per heavy atom. The first kappa shape index (κ1) is 39.5. The van der Waals surface area contributed by atoms with Gasteiger partial charge in [0.25, 0.3) is 0 Å². The van der Waals surface area contributed by atoms with Crippen LogP contribution in [0.15, 0.2) is 210 Å². The van der Waals surface area contributed by atoms with Gasteiger partial charge in [-0.2, -0.15) is 0 Å². The minimum atomic E-state index is 0.368. The Morgan fingerprint density at radius 1 is 0.267 bits per heavy atom. The SMILES string of the molecule is c1cc2c(OCc3ccncc3)c(c1)Sc1cccc(c1OCc1ccncc1)Sc1cccc(c1OCc1ccncc1)Sc1cccc(c1OCc1ccncc1)S2. The van der Waals surface area contributed by atoms with E-state index in [9.17, 15) is 0 Å². The van der Waals surface area contributed by atoms with Crippen molar-refractivity contribution in [3.8, 4) is 23.0 Å². The summed E-state index contributed by atoms with van der Waals surface area (Å²) in [4.78, 5) is 24.5. The van der Waals surface area contributed by atoms with E-state index >= 15 is 0 Å². The van der Waals surface area contributed by atoms with Crippen LogP contribution in [0.4, 0.5) is 0 Å². The first-order valence-electron chi connectivity index (χ1n) is 19.0. The molecule has 0 spiro atoms. The highest BCUT2D eigenvalue weighted by molar-refractivity contribution is 8.01. The average Bonchev–Trinajstić information content (AvgIpc) is 3.29. The molecule has 4 aromatic carbocycles. The molecule has 5 heterocycles. The highest BCUT2D eigenvalue weighted by Crippen LogP contribution is 2.53. The van der Waals surface area contributed by atoms with Crippen LogP contribution >= 0.6 is 47.0 Å². The lowest BCUT2D eigenvalue weighted by molar-refractivity contribution is 0.288. The highest BCUT2D eigenvalue weighted by Gasteiger charge is 2.23. The Kier molecular flexibility index (Phi) is 12.8. The molecule has 9 rings (SSSR count). The first-order chi connectivity index (χ1) is 29.7. The second kappa shape index (κ2) is 19.4. The van der Waals surface area contributed by atoms with Crippen molar-refractivity contribution in [3.05, 3.63) is 193 Å². The molecule has 8 aromatic rings. The number of para-hydroxylation sites is 4. The van der Waals surface area contributed by atoms with Crippen LogP contribution < -0.4 is 18.9 Å². The van der Waals surface area contributed by atoms with Gasteiger partial charge >= 0.3 is 0 Å². The molecule has 12 heteroatoms. The van der Waals surface area contributed by atoms with Crippen molar-refractivity contribution in [2.24, 2.45) is 0 Å².